The van der Waals surface area contributed by atoms with Gasteiger partial charge < -0.3 is 10.2 Å². The third-order valence-corrected chi connectivity index (χ3v) is 3.35. The van der Waals surface area contributed by atoms with Crippen molar-refractivity contribution in [3.8, 4) is 0 Å². The van der Waals surface area contributed by atoms with Gasteiger partial charge in [0.15, 0.2) is 0 Å². The van der Waals surface area contributed by atoms with E-state index in [1.807, 2.05) is 17.0 Å². The molecular formula is C16H17N3O3. The molecule has 0 aliphatic heterocycles. The maximum absolute atomic E-state index is 11.5. The van der Waals surface area contributed by atoms with Gasteiger partial charge in [0.25, 0.3) is 11.6 Å². The number of nitrogens with zero attached hydrogens (tertiary/aromatic N) is 2. The SMILES string of the molecule is CNC(=O)c1ccc(CN(C)c2ccccc2[N+](=O)[O-])cc1. The quantitative estimate of drug-likeness (QED) is 0.680. The first-order chi connectivity index (χ1) is 10.5. The van der Waals surface area contributed by atoms with Crippen LogP contribution in [-0.2, 0) is 6.54 Å². The lowest BCUT2D eigenvalue weighted by molar-refractivity contribution is -0.384. The second-order valence-electron chi connectivity index (χ2n) is 4.88. The highest BCUT2D eigenvalue weighted by Crippen LogP contribution is 2.27. The van der Waals surface area contributed by atoms with Crippen molar-refractivity contribution in [1.82, 2.24) is 5.32 Å². The predicted molar refractivity (Wildman–Crippen MR) is 85.0 cm³/mol. The molecule has 2 aromatic carbocycles. The minimum atomic E-state index is -0.388. The first kappa shape index (κ1) is 15.5. The van der Waals surface area contributed by atoms with E-state index >= 15 is 0 Å². The second-order valence-corrected chi connectivity index (χ2v) is 4.88. The van der Waals surface area contributed by atoms with Gasteiger partial charge in [-0.05, 0) is 23.8 Å². The summed E-state index contributed by atoms with van der Waals surface area (Å²) in [6, 6.07) is 13.8. The van der Waals surface area contributed by atoms with Crippen LogP contribution in [-0.4, -0.2) is 24.9 Å². The molecule has 22 heavy (non-hydrogen) atoms. The summed E-state index contributed by atoms with van der Waals surface area (Å²) in [5.74, 6) is -0.140. The van der Waals surface area contributed by atoms with E-state index in [2.05, 4.69) is 5.32 Å². The maximum atomic E-state index is 11.5. The lowest BCUT2D eigenvalue weighted by atomic mass is 10.1. The van der Waals surface area contributed by atoms with Crippen molar-refractivity contribution in [2.24, 2.45) is 0 Å². The van der Waals surface area contributed by atoms with Gasteiger partial charge in [0.1, 0.15) is 5.69 Å². The smallest absolute Gasteiger partial charge is 0.292 e. The van der Waals surface area contributed by atoms with E-state index in [1.54, 1.807) is 44.4 Å². The van der Waals surface area contributed by atoms with Crippen LogP contribution < -0.4 is 10.2 Å². The zero-order chi connectivity index (χ0) is 16.1. The minimum Gasteiger partial charge on any atom is -0.365 e. The third kappa shape index (κ3) is 3.41. The molecule has 1 N–H and O–H groups in total. The number of rotatable bonds is 5. The number of hydrogen-bond acceptors (Lipinski definition) is 4. The van der Waals surface area contributed by atoms with Crippen molar-refractivity contribution in [3.63, 3.8) is 0 Å². The fraction of sp³-hybridized carbons (Fsp3) is 0.188. The first-order valence-electron chi connectivity index (χ1n) is 6.78. The lowest BCUT2D eigenvalue weighted by Gasteiger charge is -2.19. The number of amides is 1. The van der Waals surface area contributed by atoms with Crippen LogP contribution in [0.5, 0.6) is 0 Å². The summed E-state index contributed by atoms with van der Waals surface area (Å²) < 4.78 is 0. The van der Waals surface area contributed by atoms with E-state index in [0.29, 0.717) is 17.8 Å². The van der Waals surface area contributed by atoms with Crippen LogP contribution >= 0.6 is 0 Å². The summed E-state index contributed by atoms with van der Waals surface area (Å²) in [7, 11) is 3.38. The second kappa shape index (κ2) is 6.71. The molecule has 0 saturated heterocycles. The molecule has 0 aromatic heterocycles. The normalized spacial score (nSPS) is 10.1. The van der Waals surface area contributed by atoms with E-state index < -0.39 is 0 Å². The molecule has 0 saturated carbocycles. The summed E-state index contributed by atoms with van der Waals surface area (Å²) in [6.45, 7) is 0.513. The molecule has 6 nitrogen and oxygen atoms in total. The van der Waals surface area contributed by atoms with Crippen LogP contribution in [0.4, 0.5) is 11.4 Å². The molecule has 0 radical (unpaired) electrons. The monoisotopic (exact) mass is 299 g/mol. The Morgan fingerprint density at radius 3 is 2.41 bits per heavy atom. The molecule has 2 rings (SSSR count). The fourth-order valence-electron chi connectivity index (χ4n) is 2.21. The van der Waals surface area contributed by atoms with Gasteiger partial charge in [-0.1, -0.05) is 24.3 Å². The van der Waals surface area contributed by atoms with Crippen molar-refractivity contribution < 1.29 is 9.72 Å². The lowest BCUT2D eigenvalue weighted by Crippen LogP contribution is -2.19. The molecule has 0 fully saturated rings. The van der Waals surface area contributed by atoms with Gasteiger partial charge in [-0.2, -0.15) is 0 Å². The number of benzene rings is 2. The molecular weight excluding hydrogens is 282 g/mol. The van der Waals surface area contributed by atoms with Crippen LogP contribution in [0, 0.1) is 10.1 Å². The molecule has 0 atom stereocenters. The van der Waals surface area contributed by atoms with E-state index in [-0.39, 0.29) is 16.5 Å². The van der Waals surface area contributed by atoms with Gasteiger partial charge in [0.2, 0.25) is 0 Å². The van der Waals surface area contributed by atoms with Crippen molar-refractivity contribution in [1.29, 1.82) is 0 Å². The summed E-state index contributed by atoms with van der Waals surface area (Å²) in [4.78, 5) is 24.0. The summed E-state index contributed by atoms with van der Waals surface area (Å²) in [6.07, 6.45) is 0. The van der Waals surface area contributed by atoms with Crippen molar-refractivity contribution in [3.05, 3.63) is 69.8 Å². The molecule has 0 unspecified atom stereocenters. The molecule has 0 spiro atoms. The van der Waals surface area contributed by atoms with E-state index in [0.717, 1.165) is 5.56 Å². The van der Waals surface area contributed by atoms with Gasteiger partial charge in [-0.25, -0.2) is 0 Å². The van der Waals surface area contributed by atoms with Crippen molar-refractivity contribution in [2.45, 2.75) is 6.54 Å². The number of nitrogens with one attached hydrogen (secondary N) is 1. The Kier molecular flexibility index (Phi) is 4.73. The Balaban J connectivity index is 2.17. The maximum Gasteiger partial charge on any atom is 0.292 e. The van der Waals surface area contributed by atoms with Crippen LogP contribution in [0.1, 0.15) is 15.9 Å². The standard InChI is InChI=1S/C16H17N3O3/c1-17-16(20)13-9-7-12(8-10-13)11-18(2)14-5-3-4-6-15(14)19(21)22/h3-10H,11H2,1-2H3,(H,17,20). The Labute approximate surface area is 128 Å². The number of para-hydroxylation sites is 2. The Bertz CT molecular complexity index is 683. The van der Waals surface area contributed by atoms with Gasteiger partial charge in [-0.3, -0.25) is 14.9 Å². The average Bonchev–Trinajstić information content (AvgIpc) is 2.54. The van der Waals surface area contributed by atoms with Crippen LogP contribution in [0.15, 0.2) is 48.5 Å². The van der Waals surface area contributed by atoms with Gasteiger partial charge in [0.05, 0.1) is 4.92 Å². The highest BCUT2D eigenvalue weighted by molar-refractivity contribution is 5.93. The summed E-state index contributed by atoms with van der Waals surface area (Å²) in [5.41, 5.74) is 2.18. The zero-order valence-corrected chi connectivity index (χ0v) is 12.4. The fourth-order valence-corrected chi connectivity index (χ4v) is 2.21. The van der Waals surface area contributed by atoms with Gasteiger partial charge >= 0.3 is 0 Å². The van der Waals surface area contributed by atoms with Crippen LogP contribution in [0.2, 0.25) is 0 Å². The van der Waals surface area contributed by atoms with Crippen LogP contribution in [0.3, 0.4) is 0 Å². The molecule has 0 aliphatic rings. The highest BCUT2D eigenvalue weighted by Gasteiger charge is 2.16. The average molecular weight is 299 g/mol. The number of hydrogen-bond donors (Lipinski definition) is 1. The first-order valence-corrected chi connectivity index (χ1v) is 6.78. The van der Waals surface area contributed by atoms with E-state index in [1.165, 1.54) is 6.07 Å². The largest absolute Gasteiger partial charge is 0.365 e. The predicted octanol–water partition coefficient (Wildman–Crippen LogP) is 2.59. The summed E-state index contributed by atoms with van der Waals surface area (Å²) >= 11 is 0. The number of carbonyl (C=O) groups excluding carboxylic acids is 1. The zero-order valence-electron chi connectivity index (χ0n) is 12.4. The van der Waals surface area contributed by atoms with Crippen molar-refractivity contribution in [2.75, 3.05) is 19.0 Å². The topological polar surface area (TPSA) is 75.5 Å². The summed E-state index contributed by atoms with van der Waals surface area (Å²) in [5, 5.41) is 13.6. The molecule has 1 amide bonds. The Morgan fingerprint density at radius 2 is 1.82 bits per heavy atom. The van der Waals surface area contributed by atoms with Gasteiger partial charge in [-0.15, -0.1) is 0 Å². The van der Waals surface area contributed by atoms with Gasteiger partial charge in [0, 0.05) is 32.3 Å². The number of anilines is 1. The number of nitro groups is 1. The Morgan fingerprint density at radius 1 is 1.18 bits per heavy atom. The molecule has 2 aromatic rings. The van der Waals surface area contributed by atoms with E-state index in [4.69, 9.17) is 0 Å². The molecule has 114 valence electrons. The van der Waals surface area contributed by atoms with Crippen LogP contribution in [0.25, 0.3) is 0 Å². The van der Waals surface area contributed by atoms with E-state index in [9.17, 15) is 14.9 Å². The third-order valence-electron chi connectivity index (χ3n) is 3.35. The minimum absolute atomic E-state index is 0.0759. The molecule has 6 heteroatoms. The highest BCUT2D eigenvalue weighted by atomic mass is 16.6. The van der Waals surface area contributed by atoms with Crippen molar-refractivity contribution >= 4 is 17.3 Å². The molecule has 0 aliphatic carbocycles. The molecule has 0 heterocycles. The number of nitro benzene ring substituents is 1. The Hall–Kier alpha value is -2.89. The molecule has 0 bridgehead atoms. The number of carbonyl (C=O) groups is 1.